The van der Waals surface area contributed by atoms with E-state index in [1.807, 2.05) is 11.0 Å². The van der Waals surface area contributed by atoms with Crippen LogP contribution in [0.5, 0.6) is 11.5 Å². The summed E-state index contributed by atoms with van der Waals surface area (Å²) in [6.07, 6.45) is 1.63. The standard InChI is InChI=1S/C27H27FN4O4S/c28-19-7-9-20(10-8-19)30-13-15-31(16-14-30)23-18-25-21(17-26(23)37(34,35)32-11-3-4-12-32)27(33)29-22-5-1-2-6-24(22)36-25/h1-2,5-10,17-18H,3-4,11-16H2,(H,29,33). The van der Waals surface area contributed by atoms with Crippen LogP contribution in [0.1, 0.15) is 23.2 Å². The van der Waals surface area contributed by atoms with Gasteiger partial charge in [-0.15, -0.1) is 0 Å². The number of benzene rings is 3. The predicted molar refractivity (Wildman–Crippen MR) is 140 cm³/mol. The van der Waals surface area contributed by atoms with Gasteiger partial charge in [0.25, 0.3) is 5.91 Å². The molecule has 37 heavy (non-hydrogen) atoms. The molecular weight excluding hydrogens is 495 g/mol. The highest BCUT2D eigenvalue weighted by molar-refractivity contribution is 7.89. The molecule has 3 aromatic rings. The number of fused-ring (bicyclic) bond motifs is 2. The molecule has 0 saturated carbocycles. The Balaban J connectivity index is 1.39. The molecule has 0 bridgehead atoms. The number of carbonyl (C=O) groups excluding carboxylic acids is 1. The summed E-state index contributed by atoms with van der Waals surface area (Å²) >= 11 is 0. The van der Waals surface area contributed by atoms with E-state index >= 15 is 0 Å². The number of halogens is 1. The lowest BCUT2D eigenvalue weighted by Gasteiger charge is -2.38. The second-order valence-electron chi connectivity index (χ2n) is 9.43. The summed E-state index contributed by atoms with van der Waals surface area (Å²) in [5.74, 6) is 0.121. The molecule has 10 heteroatoms. The van der Waals surface area contributed by atoms with Crippen LogP contribution < -0.4 is 19.9 Å². The maximum absolute atomic E-state index is 13.8. The van der Waals surface area contributed by atoms with Crippen molar-refractivity contribution in [1.82, 2.24) is 4.31 Å². The van der Waals surface area contributed by atoms with Crippen molar-refractivity contribution in [3.8, 4) is 11.5 Å². The van der Waals surface area contributed by atoms with Crippen molar-refractivity contribution < 1.29 is 22.3 Å². The molecule has 0 aliphatic carbocycles. The van der Waals surface area contributed by atoms with E-state index in [9.17, 15) is 17.6 Å². The van der Waals surface area contributed by atoms with Crippen molar-refractivity contribution in [2.75, 3.05) is 54.4 Å². The number of nitrogens with zero attached hydrogens (tertiary/aromatic N) is 3. The van der Waals surface area contributed by atoms with E-state index in [0.717, 1.165) is 18.5 Å². The Bertz CT molecular complexity index is 1450. The van der Waals surface area contributed by atoms with Gasteiger partial charge < -0.3 is 19.9 Å². The van der Waals surface area contributed by atoms with Gasteiger partial charge in [0.15, 0.2) is 5.75 Å². The molecule has 0 radical (unpaired) electrons. The molecule has 192 valence electrons. The molecule has 3 heterocycles. The number of hydrogen-bond acceptors (Lipinski definition) is 6. The summed E-state index contributed by atoms with van der Waals surface area (Å²) in [5, 5.41) is 2.83. The van der Waals surface area contributed by atoms with Crippen molar-refractivity contribution in [2.45, 2.75) is 17.7 Å². The first kappa shape index (κ1) is 23.7. The number of amides is 1. The van der Waals surface area contributed by atoms with E-state index in [-0.39, 0.29) is 16.3 Å². The zero-order valence-corrected chi connectivity index (χ0v) is 21.0. The van der Waals surface area contributed by atoms with E-state index in [1.54, 1.807) is 36.4 Å². The first-order valence-corrected chi connectivity index (χ1v) is 13.9. The fraction of sp³-hybridized carbons (Fsp3) is 0.296. The molecule has 3 aliphatic heterocycles. The van der Waals surface area contributed by atoms with Gasteiger partial charge in [-0.2, -0.15) is 4.31 Å². The minimum Gasteiger partial charge on any atom is -0.454 e. The number of anilines is 3. The van der Waals surface area contributed by atoms with E-state index in [2.05, 4.69) is 10.2 Å². The molecule has 0 spiro atoms. The van der Waals surface area contributed by atoms with E-state index in [1.165, 1.54) is 22.5 Å². The number of piperazine rings is 1. The van der Waals surface area contributed by atoms with Gasteiger partial charge in [-0.3, -0.25) is 4.79 Å². The SMILES string of the molecule is O=C1Nc2ccccc2Oc2cc(N3CCN(c4ccc(F)cc4)CC3)c(S(=O)(=O)N3CCCC3)cc21. The fourth-order valence-electron chi connectivity index (χ4n) is 5.16. The predicted octanol–water partition coefficient (Wildman–Crippen LogP) is 4.29. The van der Waals surface area contributed by atoms with Gasteiger partial charge in [0, 0.05) is 51.0 Å². The van der Waals surface area contributed by atoms with Crippen LogP contribution in [-0.2, 0) is 10.0 Å². The van der Waals surface area contributed by atoms with Crippen LogP contribution in [-0.4, -0.2) is 57.9 Å². The molecule has 3 aliphatic rings. The molecule has 8 nitrogen and oxygen atoms in total. The Morgan fingerprint density at radius 2 is 1.49 bits per heavy atom. The van der Waals surface area contributed by atoms with Gasteiger partial charge in [-0.05, 0) is 55.3 Å². The summed E-state index contributed by atoms with van der Waals surface area (Å²) in [4.78, 5) is 17.4. The van der Waals surface area contributed by atoms with Crippen molar-refractivity contribution in [3.63, 3.8) is 0 Å². The highest BCUT2D eigenvalue weighted by Crippen LogP contribution is 2.41. The Kier molecular flexibility index (Phi) is 6.00. The maximum Gasteiger partial charge on any atom is 0.259 e. The first-order chi connectivity index (χ1) is 17.9. The zero-order chi connectivity index (χ0) is 25.6. The number of para-hydroxylation sites is 2. The molecule has 1 N–H and O–H groups in total. The summed E-state index contributed by atoms with van der Waals surface area (Å²) < 4.78 is 48.6. The highest BCUT2D eigenvalue weighted by Gasteiger charge is 2.35. The van der Waals surface area contributed by atoms with Crippen LogP contribution in [0.4, 0.5) is 21.5 Å². The lowest BCUT2D eigenvalue weighted by atomic mass is 10.1. The molecule has 2 fully saturated rings. The Morgan fingerprint density at radius 3 is 2.22 bits per heavy atom. The largest absolute Gasteiger partial charge is 0.454 e. The smallest absolute Gasteiger partial charge is 0.259 e. The molecule has 0 atom stereocenters. The number of sulfonamides is 1. The van der Waals surface area contributed by atoms with E-state index in [0.29, 0.717) is 62.1 Å². The Morgan fingerprint density at radius 1 is 0.811 bits per heavy atom. The molecule has 1 amide bonds. The topological polar surface area (TPSA) is 82.2 Å². The minimum absolute atomic E-state index is 0.119. The monoisotopic (exact) mass is 522 g/mol. The molecule has 6 rings (SSSR count). The third-order valence-corrected chi connectivity index (χ3v) is 9.08. The van der Waals surface area contributed by atoms with E-state index < -0.39 is 15.9 Å². The number of rotatable bonds is 4. The Labute approximate surface area is 215 Å². The summed E-state index contributed by atoms with van der Waals surface area (Å²) in [6, 6.07) is 16.7. The maximum atomic E-state index is 13.8. The molecule has 0 aromatic heterocycles. The quantitative estimate of drug-likeness (QED) is 0.551. The van der Waals surface area contributed by atoms with Crippen molar-refractivity contribution in [2.24, 2.45) is 0 Å². The van der Waals surface area contributed by atoms with Crippen LogP contribution >= 0.6 is 0 Å². The normalized spacial score (nSPS) is 18.0. The number of nitrogens with one attached hydrogen (secondary N) is 1. The first-order valence-electron chi connectivity index (χ1n) is 12.4. The van der Waals surface area contributed by atoms with Gasteiger partial charge in [-0.1, -0.05) is 12.1 Å². The molecule has 0 unspecified atom stereocenters. The van der Waals surface area contributed by atoms with Crippen molar-refractivity contribution >= 4 is 33.0 Å². The van der Waals surface area contributed by atoms with Crippen molar-refractivity contribution in [3.05, 3.63) is 72.0 Å². The van der Waals surface area contributed by atoms with Gasteiger partial charge in [0.1, 0.15) is 16.5 Å². The number of hydrogen-bond donors (Lipinski definition) is 1. The molecule has 2 saturated heterocycles. The average molecular weight is 523 g/mol. The van der Waals surface area contributed by atoms with Crippen LogP contribution in [0.2, 0.25) is 0 Å². The lowest BCUT2D eigenvalue weighted by molar-refractivity contribution is 0.102. The van der Waals surface area contributed by atoms with Crippen LogP contribution in [0.15, 0.2) is 65.6 Å². The second-order valence-corrected chi connectivity index (χ2v) is 11.3. The summed E-state index contributed by atoms with van der Waals surface area (Å²) in [7, 11) is -3.82. The van der Waals surface area contributed by atoms with Gasteiger partial charge >= 0.3 is 0 Å². The molecule has 3 aromatic carbocycles. The van der Waals surface area contributed by atoms with Gasteiger partial charge in [0.05, 0.1) is 16.9 Å². The second kappa shape index (κ2) is 9.35. The van der Waals surface area contributed by atoms with Gasteiger partial charge in [-0.25, -0.2) is 12.8 Å². The van der Waals surface area contributed by atoms with Crippen molar-refractivity contribution in [1.29, 1.82) is 0 Å². The summed E-state index contributed by atoms with van der Waals surface area (Å²) in [6.45, 7) is 3.31. The third kappa shape index (κ3) is 4.40. The zero-order valence-electron chi connectivity index (χ0n) is 20.2. The minimum atomic E-state index is -3.82. The van der Waals surface area contributed by atoms with Crippen LogP contribution in [0.25, 0.3) is 0 Å². The molecular formula is C27H27FN4O4S. The van der Waals surface area contributed by atoms with E-state index in [4.69, 9.17) is 4.74 Å². The Hall–Kier alpha value is -3.63. The average Bonchev–Trinajstić information content (AvgIpc) is 3.42. The lowest BCUT2D eigenvalue weighted by Crippen LogP contribution is -2.47. The number of carbonyl (C=O) groups is 1. The number of ether oxygens (including phenoxy) is 1. The third-order valence-electron chi connectivity index (χ3n) is 7.16. The highest BCUT2D eigenvalue weighted by atomic mass is 32.2. The fourth-order valence-corrected chi connectivity index (χ4v) is 6.89. The van der Waals surface area contributed by atoms with Gasteiger partial charge in [0.2, 0.25) is 10.0 Å². The summed E-state index contributed by atoms with van der Waals surface area (Å²) in [5.41, 5.74) is 2.16. The van der Waals surface area contributed by atoms with Crippen LogP contribution in [0, 0.1) is 5.82 Å². The van der Waals surface area contributed by atoms with Crippen LogP contribution in [0.3, 0.4) is 0 Å².